The highest BCUT2D eigenvalue weighted by Crippen LogP contribution is 2.35. The van der Waals surface area contributed by atoms with Crippen LogP contribution in [0.5, 0.6) is 5.75 Å². The summed E-state index contributed by atoms with van der Waals surface area (Å²) < 4.78 is 0. The van der Waals surface area contributed by atoms with Crippen LogP contribution in [-0.2, 0) is 12.0 Å². The fourth-order valence-corrected chi connectivity index (χ4v) is 3.12. The number of nitro benzene ring substituents is 1. The van der Waals surface area contributed by atoms with Crippen LogP contribution in [0.2, 0.25) is 0 Å². The highest BCUT2D eigenvalue weighted by Gasteiger charge is 2.33. The first-order valence-electron chi connectivity index (χ1n) is 7.78. The number of aryl methyl sites for hydroxylation is 1. The fraction of sp³-hybridized carbons (Fsp3) is 0.278. The Bertz CT molecular complexity index is 803. The van der Waals surface area contributed by atoms with Crippen LogP contribution in [0.1, 0.15) is 29.5 Å². The van der Waals surface area contributed by atoms with Crippen molar-refractivity contribution in [1.29, 1.82) is 0 Å². The molecule has 0 amide bonds. The summed E-state index contributed by atoms with van der Waals surface area (Å²) in [5, 5.41) is 31.5. The number of hydrogen-bond donors (Lipinski definition) is 2. The van der Waals surface area contributed by atoms with Crippen LogP contribution in [0.25, 0.3) is 0 Å². The summed E-state index contributed by atoms with van der Waals surface area (Å²) in [5.74, 6) is -0.0830. The van der Waals surface area contributed by atoms with Gasteiger partial charge in [0.2, 0.25) is 0 Å². The lowest BCUT2D eigenvalue weighted by Crippen LogP contribution is -2.33. The molecule has 0 fully saturated rings. The number of aromatic hydroxyl groups is 1. The molecule has 2 N–H and O–H groups in total. The highest BCUT2D eigenvalue weighted by atomic mass is 16.6. The van der Waals surface area contributed by atoms with E-state index in [2.05, 4.69) is 4.99 Å². The molecule has 124 valence electrons. The molecule has 2 aromatic rings. The van der Waals surface area contributed by atoms with E-state index in [1.165, 1.54) is 24.4 Å². The molecule has 6 heteroatoms. The number of benzene rings is 2. The zero-order valence-electron chi connectivity index (χ0n) is 13.1. The fourth-order valence-electron chi connectivity index (χ4n) is 3.12. The van der Waals surface area contributed by atoms with Gasteiger partial charge in [-0.15, -0.1) is 0 Å². The summed E-state index contributed by atoms with van der Waals surface area (Å²) >= 11 is 0. The molecule has 0 saturated carbocycles. The molecule has 0 aliphatic heterocycles. The summed E-state index contributed by atoms with van der Waals surface area (Å²) in [7, 11) is 0. The first kappa shape index (κ1) is 16.1. The minimum absolute atomic E-state index is 0.0830. The minimum Gasteiger partial charge on any atom is -0.507 e. The van der Waals surface area contributed by atoms with Gasteiger partial charge in [0.1, 0.15) is 11.4 Å². The van der Waals surface area contributed by atoms with Gasteiger partial charge in [0.05, 0.1) is 11.5 Å². The zero-order valence-corrected chi connectivity index (χ0v) is 13.1. The van der Waals surface area contributed by atoms with Crippen LogP contribution in [0.15, 0.2) is 47.5 Å². The van der Waals surface area contributed by atoms with Crippen molar-refractivity contribution >= 4 is 11.9 Å². The van der Waals surface area contributed by atoms with Crippen molar-refractivity contribution < 1.29 is 15.1 Å². The molecule has 0 radical (unpaired) electrons. The Balaban J connectivity index is 1.82. The second kappa shape index (κ2) is 6.41. The number of nitrogens with zero attached hydrogens (tertiary/aromatic N) is 2. The van der Waals surface area contributed by atoms with Crippen molar-refractivity contribution in [2.45, 2.75) is 24.9 Å². The van der Waals surface area contributed by atoms with E-state index >= 15 is 0 Å². The van der Waals surface area contributed by atoms with Gasteiger partial charge in [-0.25, -0.2) is 0 Å². The summed E-state index contributed by atoms with van der Waals surface area (Å²) in [4.78, 5) is 14.5. The summed E-state index contributed by atoms with van der Waals surface area (Å²) in [6.45, 7) is 0.145. The lowest BCUT2D eigenvalue weighted by molar-refractivity contribution is -0.384. The number of aliphatic hydroxyl groups is 1. The zero-order chi connectivity index (χ0) is 17.2. The first-order chi connectivity index (χ1) is 11.5. The van der Waals surface area contributed by atoms with Crippen molar-refractivity contribution in [3.05, 3.63) is 69.3 Å². The molecule has 1 atom stereocenters. The molecule has 1 aliphatic rings. The predicted molar refractivity (Wildman–Crippen MR) is 90.5 cm³/mol. The van der Waals surface area contributed by atoms with E-state index in [1.54, 1.807) is 0 Å². The third-order valence-electron chi connectivity index (χ3n) is 4.36. The quantitative estimate of drug-likeness (QED) is 0.513. The number of fused-ring (bicyclic) bond motifs is 1. The van der Waals surface area contributed by atoms with E-state index in [-0.39, 0.29) is 23.5 Å². The second-order valence-corrected chi connectivity index (χ2v) is 6.01. The van der Waals surface area contributed by atoms with Crippen molar-refractivity contribution in [3.8, 4) is 5.75 Å². The smallest absolute Gasteiger partial charge is 0.270 e. The average Bonchev–Trinajstić information content (AvgIpc) is 2.57. The average molecular weight is 326 g/mol. The maximum atomic E-state index is 10.9. The lowest BCUT2D eigenvalue weighted by atomic mass is 9.79. The van der Waals surface area contributed by atoms with Crippen LogP contribution in [-0.4, -0.2) is 27.9 Å². The SMILES string of the molecule is O=[N+]([O-])c1ccc(O)c(C=NCC2(O)CCCc3ccccc32)c1. The highest BCUT2D eigenvalue weighted by molar-refractivity contribution is 5.84. The van der Waals surface area contributed by atoms with Gasteiger partial charge in [0.25, 0.3) is 5.69 Å². The van der Waals surface area contributed by atoms with Gasteiger partial charge in [0.15, 0.2) is 0 Å². The molecular formula is C18H18N2O4. The van der Waals surface area contributed by atoms with Crippen LogP contribution in [0, 0.1) is 10.1 Å². The van der Waals surface area contributed by atoms with Crippen molar-refractivity contribution in [3.63, 3.8) is 0 Å². The van der Waals surface area contributed by atoms with Crippen LogP contribution in [0.4, 0.5) is 5.69 Å². The normalized spacial score (nSPS) is 20.0. The summed E-state index contributed by atoms with van der Waals surface area (Å²) in [6.07, 6.45) is 3.80. The van der Waals surface area contributed by atoms with Crippen LogP contribution < -0.4 is 0 Å². The maximum Gasteiger partial charge on any atom is 0.270 e. The van der Waals surface area contributed by atoms with Gasteiger partial charge in [-0.1, -0.05) is 24.3 Å². The summed E-state index contributed by atoms with van der Waals surface area (Å²) in [6, 6.07) is 11.5. The molecular weight excluding hydrogens is 308 g/mol. The molecule has 1 unspecified atom stereocenters. The van der Waals surface area contributed by atoms with Crippen LogP contribution >= 0.6 is 0 Å². The Hall–Kier alpha value is -2.73. The van der Waals surface area contributed by atoms with Crippen LogP contribution in [0.3, 0.4) is 0 Å². The number of non-ortho nitro benzene ring substituents is 1. The van der Waals surface area contributed by atoms with Gasteiger partial charge in [-0.3, -0.25) is 15.1 Å². The monoisotopic (exact) mass is 326 g/mol. The number of rotatable bonds is 4. The van der Waals surface area contributed by atoms with Gasteiger partial charge < -0.3 is 10.2 Å². The van der Waals surface area contributed by atoms with Gasteiger partial charge >= 0.3 is 0 Å². The Morgan fingerprint density at radius 2 is 2.08 bits per heavy atom. The predicted octanol–water partition coefficient (Wildman–Crippen LogP) is 2.94. The maximum absolute atomic E-state index is 10.9. The van der Waals surface area contributed by atoms with E-state index in [1.807, 2.05) is 24.3 Å². The van der Waals surface area contributed by atoms with Crippen molar-refractivity contribution in [2.24, 2.45) is 4.99 Å². The van der Waals surface area contributed by atoms with Gasteiger partial charge in [-0.05, 0) is 36.5 Å². The first-order valence-corrected chi connectivity index (χ1v) is 7.78. The Morgan fingerprint density at radius 1 is 1.29 bits per heavy atom. The number of phenolic OH excluding ortho intramolecular Hbond substituents is 1. The molecule has 2 aromatic carbocycles. The molecule has 3 rings (SSSR count). The summed E-state index contributed by atoms with van der Waals surface area (Å²) in [5.41, 5.74) is 1.12. The molecule has 24 heavy (non-hydrogen) atoms. The third kappa shape index (κ3) is 3.14. The van der Waals surface area contributed by atoms with E-state index < -0.39 is 10.5 Å². The molecule has 0 aromatic heterocycles. The standard InChI is InChI=1S/C18H18N2O4/c21-17-8-7-15(20(23)24)10-14(17)11-19-12-18(22)9-3-5-13-4-1-2-6-16(13)18/h1-2,4,6-8,10-11,21-22H,3,5,9,12H2. The minimum atomic E-state index is -1.04. The number of nitro groups is 1. The van der Waals surface area contributed by atoms with Gasteiger partial charge in [0, 0.05) is 23.9 Å². The van der Waals surface area contributed by atoms with E-state index in [4.69, 9.17) is 0 Å². The molecule has 0 spiro atoms. The van der Waals surface area contributed by atoms with E-state index in [0.717, 1.165) is 24.0 Å². The van der Waals surface area contributed by atoms with Crippen molar-refractivity contribution in [1.82, 2.24) is 0 Å². The lowest BCUT2D eigenvalue weighted by Gasteiger charge is -2.33. The third-order valence-corrected chi connectivity index (χ3v) is 4.36. The van der Waals surface area contributed by atoms with Gasteiger partial charge in [-0.2, -0.15) is 0 Å². The van der Waals surface area contributed by atoms with E-state index in [9.17, 15) is 20.3 Å². The van der Waals surface area contributed by atoms with Crippen molar-refractivity contribution in [2.75, 3.05) is 6.54 Å². The Labute approximate surface area is 139 Å². The molecule has 0 heterocycles. The molecule has 0 bridgehead atoms. The number of phenols is 1. The second-order valence-electron chi connectivity index (χ2n) is 6.01. The molecule has 6 nitrogen and oxygen atoms in total. The van der Waals surface area contributed by atoms with E-state index in [0.29, 0.717) is 6.42 Å². The largest absolute Gasteiger partial charge is 0.507 e. The Kier molecular flexibility index (Phi) is 4.31. The number of hydrogen-bond acceptors (Lipinski definition) is 5. The molecule has 1 aliphatic carbocycles. The molecule has 0 saturated heterocycles. The Morgan fingerprint density at radius 3 is 2.88 bits per heavy atom. The number of aliphatic imine (C=N–C) groups is 1. The topological polar surface area (TPSA) is 96.0 Å².